The Hall–Kier alpha value is -5.56. The summed E-state index contributed by atoms with van der Waals surface area (Å²) in [6.07, 6.45) is -1.17. The molecule has 278 valence electrons. The maximum Gasteiger partial charge on any atom is 0.252 e. The van der Waals surface area contributed by atoms with Gasteiger partial charge in [0.1, 0.15) is 29.2 Å². The smallest absolute Gasteiger partial charge is 0.252 e. The highest BCUT2D eigenvalue weighted by Crippen LogP contribution is 2.34. The van der Waals surface area contributed by atoms with Crippen LogP contribution in [0.3, 0.4) is 0 Å². The molecule has 1 atom stereocenters. The number of piperazine rings is 2. The number of hydrogen-bond donors (Lipinski definition) is 4. The van der Waals surface area contributed by atoms with Crippen LogP contribution in [0.1, 0.15) is 11.1 Å². The van der Waals surface area contributed by atoms with E-state index in [1.807, 2.05) is 43.3 Å². The van der Waals surface area contributed by atoms with Crippen molar-refractivity contribution >= 4 is 50.9 Å². The summed E-state index contributed by atoms with van der Waals surface area (Å²) < 4.78 is 0. The zero-order chi connectivity index (χ0) is 37.8. The molecule has 0 radical (unpaired) electrons. The van der Waals surface area contributed by atoms with Gasteiger partial charge < -0.3 is 35.3 Å². The van der Waals surface area contributed by atoms with Crippen molar-refractivity contribution in [3.63, 3.8) is 0 Å². The van der Waals surface area contributed by atoms with Crippen LogP contribution in [0.5, 0.6) is 11.5 Å². The number of phenols is 2. The Morgan fingerprint density at radius 3 is 1.61 bits per heavy atom. The van der Waals surface area contributed by atoms with Gasteiger partial charge in [0.05, 0.1) is 28.0 Å². The van der Waals surface area contributed by atoms with Gasteiger partial charge in [0.25, 0.3) is 5.91 Å². The predicted molar refractivity (Wildman–Crippen MR) is 213 cm³/mol. The summed E-state index contributed by atoms with van der Waals surface area (Å²) in [6.45, 7) is 9.88. The van der Waals surface area contributed by atoms with Crippen molar-refractivity contribution < 1.29 is 20.1 Å². The molecule has 2 saturated heterocycles. The molecule has 1 unspecified atom stereocenters. The Bertz CT molecular complexity index is 2290. The molecule has 0 saturated carbocycles. The molecule has 1 amide bonds. The fraction of sp³-hybridized carbons (Fsp3) is 0.293. The maximum atomic E-state index is 12.2. The van der Waals surface area contributed by atoms with Crippen molar-refractivity contribution in [1.82, 2.24) is 30.2 Å². The summed E-state index contributed by atoms with van der Waals surface area (Å²) in [5.74, 6) is 2.61. The van der Waals surface area contributed by atoms with Crippen LogP contribution in [0.25, 0.3) is 44.6 Å². The highest BCUT2D eigenvalue weighted by Gasteiger charge is 2.27. The van der Waals surface area contributed by atoms with Gasteiger partial charge in [-0.3, -0.25) is 4.79 Å². The first-order chi connectivity index (χ1) is 26.2. The van der Waals surface area contributed by atoms with Gasteiger partial charge in [-0.1, -0.05) is 36.4 Å². The Labute approximate surface area is 318 Å². The van der Waals surface area contributed by atoms with Crippen LogP contribution in [0.15, 0.2) is 84.9 Å². The summed E-state index contributed by atoms with van der Waals surface area (Å²) in [4.78, 5) is 37.2. The fourth-order valence-electron chi connectivity index (χ4n) is 6.79. The number of aromatic hydroxyl groups is 2. The average molecular weight is 747 g/mol. The van der Waals surface area contributed by atoms with E-state index in [9.17, 15) is 20.1 Å². The number of benzene rings is 4. The second-order valence-corrected chi connectivity index (χ2v) is 13.8. The minimum Gasteiger partial charge on any atom is -0.507 e. The van der Waals surface area contributed by atoms with Crippen molar-refractivity contribution in [2.75, 3.05) is 68.0 Å². The van der Waals surface area contributed by atoms with Crippen LogP contribution in [0, 0.1) is 13.8 Å². The lowest BCUT2D eigenvalue weighted by Crippen LogP contribution is -2.52. The number of carbonyl (C=O) groups excluding carboxylic acids is 1. The SMILES string of the molecule is Cc1ccc2c(N3CCN(C(=O)C(O)CCl)CC3)nc(-c3ccccc3O)nc2c1.Cc1ccc2c(N3CCNCC3)nc(-c3ccccc3O)nc2c1. The largest absolute Gasteiger partial charge is 0.507 e. The van der Waals surface area contributed by atoms with Crippen LogP contribution in [-0.2, 0) is 4.79 Å². The molecular weight excluding hydrogens is 704 g/mol. The fourth-order valence-corrected chi connectivity index (χ4v) is 6.92. The van der Waals surface area contributed by atoms with Gasteiger partial charge in [-0.15, -0.1) is 11.6 Å². The van der Waals surface area contributed by atoms with E-state index >= 15 is 0 Å². The molecule has 4 heterocycles. The van der Waals surface area contributed by atoms with E-state index in [1.165, 1.54) is 0 Å². The van der Waals surface area contributed by atoms with Gasteiger partial charge in [-0.25, -0.2) is 19.9 Å². The van der Waals surface area contributed by atoms with Gasteiger partial charge in [0.15, 0.2) is 11.6 Å². The molecule has 13 heteroatoms. The van der Waals surface area contributed by atoms with E-state index in [0.29, 0.717) is 49.0 Å². The van der Waals surface area contributed by atoms with E-state index < -0.39 is 6.10 Å². The number of aryl methyl sites for hydroxylation is 2. The number of phenolic OH excluding ortho intramolecular Hbond substituents is 2. The number of halogens is 1. The monoisotopic (exact) mass is 746 g/mol. The molecule has 0 spiro atoms. The van der Waals surface area contributed by atoms with E-state index in [2.05, 4.69) is 40.2 Å². The van der Waals surface area contributed by atoms with E-state index in [-0.39, 0.29) is 23.3 Å². The first-order valence-corrected chi connectivity index (χ1v) is 18.6. The standard InChI is InChI=1S/C22H23ClN4O3.C19H20N4O/c1-14-6-7-15-17(12-14)24-20(16-4-2-3-5-18(16)28)25-21(15)26-8-10-27(11-9-26)22(30)19(29)13-23;1-13-6-7-14-16(12-13)21-18(15-4-2-3-5-17(15)24)22-19(14)23-10-8-20-9-11-23/h2-7,12,19,28-29H,8-11,13H2,1H3;2-7,12,20,24H,8-11H2,1H3. The number of fused-ring (bicyclic) bond motifs is 2. The predicted octanol–water partition coefficient (Wildman–Crippen LogP) is 5.28. The number of hydrogen-bond acceptors (Lipinski definition) is 11. The van der Waals surface area contributed by atoms with Crippen LogP contribution in [-0.4, -0.2) is 110 Å². The average Bonchev–Trinajstić information content (AvgIpc) is 3.20. The Balaban J connectivity index is 0.000000171. The van der Waals surface area contributed by atoms with E-state index in [0.717, 1.165) is 70.7 Å². The van der Waals surface area contributed by atoms with E-state index in [1.54, 1.807) is 35.2 Å². The molecule has 4 N–H and O–H groups in total. The molecule has 0 bridgehead atoms. The molecule has 0 aliphatic carbocycles. The van der Waals surface area contributed by atoms with E-state index in [4.69, 9.17) is 31.5 Å². The number of aromatic nitrogens is 4. The van der Waals surface area contributed by atoms with Gasteiger partial charge in [0, 0.05) is 63.1 Å². The molecule has 2 aromatic heterocycles. The quantitative estimate of drug-likeness (QED) is 0.165. The number of carbonyl (C=O) groups is 1. The van der Waals surface area contributed by atoms with Crippen LogP contribution in [0.4, 0.5) is 11.6 Å². The molecule has 2 aliphatic heterocycles. The molecule has 2 aliphatic rings. The molecule has 2 fully saturated rings. The molecule has 6 aromatic rings. The van der Waals surface area contributed by atoms with Crippen LogP contribution < -0.4 is 15.1 Å². The van der Waals surface area contributed by atoms with Gasteiger partial charge in [-0.2, -0.15) is 0 Å². The highest BCUT2D eigenvalue weighted by atomic mass is 35.5. The highest BCUT2D eigenvalue weighted by molar-refractivity contribution is 6.19. The second-order valence-electron chi connectivity index (χ2n) is 13.5. The first kappa shape index (κ1) is 36.8. The lowest BCUT2D eigenvalue weighted by atomic mass is 10.1. The van der Waals surface area contributed by atoms with Crippen LogP contribution >= 0.6 is 11.6 Å². The lowest BCUT2D eigenvalue weighted by molar-refractivity contribution is -0.139. The van der Waals surface area contributed by atoms with Crippen LogP contribution in [0.2, 0.25) is 0 Å². The zero-order valence-electron chi connectivity index (χ0n) is 30.3. The lowest BCUT2D eigenvalue weighted by Gasteiger charge is -2.36. The molecule has 54 heavy (non-hydrogen) atoms. The number of rotatable bonds is 6. The molecular formula is C41H43ClN8O4. The number of aliphatic hydroxyl groups is 1. The van der Waals surface area contributed by atoms with Crippen molar-refractivity contribution in [3.8, 4) is 34.3 Å². The van der Waals surface area contributed by atoms with Crippen molar-refractivity contribution in [2.24, 2.45) is 0 Å². The normalized spacial score (nSPS) is 15.2. The number of anilines is 2. The summed E-state index contributed by atoms with van der Waals surface area (Å²) in [7, 11) is 0. The third kappa shape index (κ3) is 7.86. The van der Waals surface area contributed by atoms with Gasteiger partial charge >= 0.3 is 0 Å². The Morgan fingerprint density at radius 1 is 0.685 bits per heavy atom. The molecule has 8 rings (SSSR count). The zero-order valence-corrected chi connectivity index (χ0v) is 31.0. The Kier molecular flexibility index (Phi) is 11.0. The van der Waals surface area contributed by atoms with Crippen molar-refractivity contribution in [3.05, 3.63) is 96.1 Å². The van der Waals surface area contributed by atoms with Crippen molar-refractivity contribution in [1.29, 1.82) is 0 Å². The number of para-hydroxylation sites is 2. The summed E-state index contributed by atoms with van der Waals surface area (Å²) in [6, 6.07) is 26.5. The summed E-state index contributed by atoms with van der Waals surface area (Å²) in [5, 5.41) is 35.6. The van der Waals surface area contributed by atoms with Gasteiger partial charge in [0.2, 0.25) is 0 Å². The molecule has 4 aromatic carbocycles. The Morgan fingerprint density at radius 2 is 1.15 bits per heavy atom. The first-order valence-electron chi connectivity index (χ1n) is 18.1. The minimum absolute atomic E-state index is 0.112. The third-order valence-electron chi connectivity index (χ3n) is 9.69. The summed E-state index contributed by atoms with van der Waals surface area (Å²) >= 11 is 5.61. The third-order valence-corrected chi connectivity index (χ3v) is 9.99. The number of nitrogens with zero attached hydrogens (tertiary/aromatic N) is 7. The van der Waals surface area contributed by atoms with Gasteiger partial charge in [-0.05, 0) is 73.5 Å². The maximum absolute atomic E-state index is 12.2. The minimum atomic E-state index is -1.17. The molecule has 12 nitrogen and oxygen atoms in total. The van der Waals surface area contributed by atoms with Crippen molar-refractivity contribution in [2.45, 2.75) is 20.0 Å². The number of amides is 1. The number of nitrogens with one attached hydrogen (secondary N) is 1. The number of alkyl halides is 1. The summed E-state index contributed by atoms with van der Waals surface area (Å²) in [5.41, 5.74) is 5.20. The second kappa shape index (κ2) is 16.2. The number of aliphatic hydroxyl groups excluding tert-OH is 1. The topological polar surface area (TPSA) is 151 Å².